The van der Waals surface area contributed by atoms with Crippen LogP contribution >= 0.6 is 34.4 Å². The Hall–Kier alpha value is -0.300. The van der Waals surface area contributed by atoms with Gasteiger partial charge in [0.2, 0.25) is 5.95 Å². The van der Waals surface area contributed by atoms with Gasteiger partial charge >= 0.3 is 0 Å². The number of hydrogen-bond donors (Lipinski definition) is 1. The molecule has 0 unspecified atom stereocenters. The van der Waals surface area contributed by atoms with Crippen molar-refractivity contribution in [2.45, 2.75) is 0 Å². The summed E-state index contributed by atoms with van der Waals surface area (Å²) in [5, 5.41) is 3.15. The molecule has 0 spiro atoms. The van der Waals surface area contributed by atoms with Gasteiger partial charge in [-0.2, -0.15) is 11.8 Å². The Balaban J connectivity index is 2.18. The highest BCUT2D eigenvalue weighted by atomic mass is 127. The van der Waals surface area contributed by atoms with Gasteiger partial charge in [-0.25, -0.2) is 9.97 Å². The van der Waals surface area contributed by atoms with Crippen LogP contribution in [-0.4, -0.2) is 28.0 Å². The number of halogens is 1. The summed E-state index contributed by atoms with van der Waals surface area (Å²) < 4.78 is 1.05. The summed E-state index contributed by atoms with van der Waals surface area (Å²) in [6.07, 6.45) is 5.51. The summed E-state index contributed by atoms with van der Waals surface area (Å²) in [7, 11) is 0. The molecule has 1 N–H and O–H groups in total. The van der Waals surface area contributed by atoms with Crippen molar-refractivity contribution in [1.82, 2.24) is 9.97 Å². The third-order valence-corrected chi connectivity index (χ3v) is 2.91. The predicted molar refractivity (Wildman–Crippen MR) is 70.8 cm³/mol. The number of hydrogen-bond acceptors (Lipinski definition) is 4. The summed E-state index contributed by atoms with van der Waals surface area (Å²) >= 11 is 4.02. The lowest BCUT2D eigenvalue weighted by Crippen LogP contribution is -2.07. The van der Waals surface area contributed by atoms with E-state index in [9.17, 15) is 0 Å². The van der Waals surface area contributed by atoms with Crippen LogP contribution in [0.25, 0.3) is 0 Å². The third kappa shape index (κ3) is 4.80. The molecule has 1 aromatic heterocycles. The zero-order valence-corrected chi connectivity index (χ0v) is 10.7. The second-order valence-electron chi connectivity index (χ2n) is 2.52. The van der Waals surface area contributed by atoms with Crippen molar-refractivity contribution in [3.63, 3.8) is 0 Å². The van der Waals surface area contributed by atoms with Gasteiger partial charge in [0, 0.05) is 34.0 Å². The topological polar surface area (TPSA) is 37.8 Å². The fraction of sp³-hybridized carbons (Fsp3) is 0.333. The van der Waals surface area contributed by atoms with Crippen molar-refractivity contribution in [2.75, 3.05) is 23.4 Å². The first-order chi connectivity index (χ1) is 6.83. The molecule has 0 aliphatic heterocycles. The lowest BCUT2D eigenvalue weighted by Gasteiger charge is -2.02. The van der Waals surface area contributed by atoms with E-state index in [0.29, 0.717) is 5.95 Å². The van der Waals surface area contributed by atoms with E-state index in [0.717, 1.165) is 21.6 Å². The molecule has 1 aromatic rings. The lowest BCUT2D eigenvalue weighted by atomic mass is 10.6. The summed E-state index contributed by atoms with van der Waals surface area (Å²) in [4.78, 5) is 8.27. The molecule has 0 radical (unpaired) electrons. The van der Waals surface area contributed by atoms with Crippen LogP contribution in [0.5, 0.6) is 0 Å². The van der Waals surface area contributed by atoms with Gasteiger partial charge in [-0.15, -0.1) is 6.58 Å². The van der Waals surface area contributed by atoms with E-state index >= 15 is 0 Å². The maximum Gasteiger partial charge on any atom is 0.222 e. The molecule has 14 heavy (non-hydrogen) atoms. The number of rotatable bonds is 6. The molecule has 76 valence electrons. The van der Waals surface area contributed by atoms with Crippen LogP contribution in [0.2, 0.25) is 0 Å². The van der Waals surface area contributed by atoms with Gasteiger partial charge in [0.1, 0.15) is 0 Å². The smallest absolute Gasteiger partial charge is 0.222 e. The molecule has 1 heterocycles. The van der Waals surface area contributed by atoms with E-state index in [-0.39, 0.29) is 0 Å². The molecule has 1 rings (SSSR count). The van der Waals surface area contributed by atoms with Crippen LogP contribution in [0.3, 0.4) is 0 Å². The Labute approximate surface area is 102 Å². The van der Waals surface area contributed by atoms with Crippen LogP contribution in [0.15, 0.2) is 25.0 Å². The van der Waals surface area contributed by atoms with Crippen LogP contribution in [0, 0.1) is 3.57 Å². The molecular formula is C9H12IN3S. The highest BCUT2D eigenvalue weighted by molar-refractivity contribution is 14.1. The van der Waals surface area contributed by atoms with E-state index in [1.165, 1.54) is 0 Å². The number of anilines is 1. The minimum Gasteiger partial charge on any atom is -0.353 e. The molecule has 0 aliphatic carbocycles. The third-order valence-electron chi connectivity index (χ3n) is 1.39. The molecule has 0 saturated heterocycles. The molecule has 5 heteroatoms. The van der Waals surface area contributed by atoms with E-state index in [1.54, 1.807) is 12.4 Å². The molecule has 0 aromatic carbocycles. The SMILES string of the molecule is C=CCSCCNc1ncc(I)cn1. The number of nitrogens with zero attached hydrogens (tertiary/aromatic N) is 2. The largest absolute Gasteiger partial charge is 0.353 e. The van der Waals surface area contributed by atoms with Gasteiger partial charge in [-0.05, 0) is 22.6 Å². The van der Waals surface area contributed by atoms with Crippen molar-refractivity contribution in [1.29, 1.82) is 0 Å². The second-order valence-corrected chi connectivity index (χ2v) is 4.91. The average Bonchev–Trinajstić information content (AvgIpc) is 2.21. The summed E-state index contributed by atoms with van der Waals surface area (Å²) in [5.74, 6) is 2.74. The highest BCUT2D eigenvalue weighted by Crippen LogP contribution is 2.03. The Morgan fingerprint density at radius 3 is 2.86 bits per heavy atom. The standard InChI is InChI=1S/C9H12IN3S/c1-2-4-14-5-3-11-9-12-6-8(10)7-13-9/h2,6-7H,1,3-5H2,(H,11,12,13). The van der Waals surface area contributed by atoms with Crippen LogP contribution < -0.4 is 5.32 Å². The molecule has 0 saturated carbocycles. The molecule has 0 amide bonds. The fourth-order valence-electron chi connectivity index (χ4n) is 0.805. The van der Waals surface area contributed by atoms with Gasteiger partial charge in [-0.1, -0.05) is 6.08 Å². The Kier molecular flexibility index (Phi) is 5.93. The maximum absolute atomic E-state index is 4.14. The predicted octanol–water partition coefficient (Wildman–Crippen LogP) is 2.41. The van der Waals surface area contributed by atoms with Crippen molar-refractivity contribution in [3.05, 3.63) is 28.6 Å². The van der Waals surface area contributed by atoms with E-state index in [1.807, 2.05) is 17.8 Å². The van der Waals surface area contributed by atoms with Gasteiger partial charge in [0.25, 0.3) is 0 Å². The average molecular weight is 321 g/mol. The quantitative estimate of drug-likeness (QED) is 0.496. The maximum atomic E-state index is 4.14. The van der Waals surface area contributed by atoms with Crippen molar-refractivity contribution >= 4 is 40.3 Å². The molecule has 0 fully saturated rings. The second kappa shape index (κ2) is 7.05. The molecule has 3 nitrogen and oxygen atoms in total. The van der Waals surface area contributed by atoms with E-state index in [4.69, 9.17) is 0 Å². The van der Waals surface area contributed by atoms with Crippen molar-refractivity contribution in [3.8, 4) is 0 Å². The van der Waals surface area contributed by atoms with Crippen LogP contribution in [0.1, 0.15) is 0 Å². The lowest BCUT2D eigenvalue weighted by molar-refractivity contribution is 1.08. The summed E-state index contributed by atoms with van der Waals surface area (Å²) in [6, 6.07) is 0. The number of nitrogens with one attached hydrogen (secondary N) is 1. The van der Waals surface area contributed by atoms with Gasteiger partial charge in [0.15, 0.2) is 0 Å². The van der Waals surface area contributed by atoms with Gasteiger partial charge in [-0.3, -0.25) is 0 Å². The van der Waals surface area contributed by atoms with Gasteiger partial charge in [0.05, 0.1) is 0 Å². The van der Waals surface area contributed by atoms with Crippen LogP contribution in [0.4, 0.5) is 5.95 Å². The van der Waals surface area contributed by atoms with E-state index < -0.39 is 0 Å². The normalized spacial score (nSPS) is 9.79. The van der Waals surface area contributed by atoms with Crippen molar-refractivity contribution < 1.29 is 0 Å². The number of aromatic nitrogens is 2. The zero-order chi connectivity index (χ0) is 10.2. The number of thioether (sulfide) groups is 1. The fourth-order valence-corrected chi connectivity index (χ4v) is 1.66. The zero-order valence-electron chi connectivity index (χ0n) is 7.74. The molecule has 0 bridgehead atoms. The minimum absolute atomic E-state index is 0.699. The Morgan fingerprint density at radius 1 is 1.50 bits per heavy atom. The highest BCUT2D eigenvalue weighted by Gasteiger charge is 1.93. The van der Waals surface area contributed by atoms with Crippen molar-refractivity contribution in [2.24, 2.45) is 0 Å². The molecular weight excluding hydrogens is 309 g/mol. The van der Waals surface area contributed by atoms with Gasteiger partial charge < -0.3 is 5.32 Å². The molecule has 0 atom stereocenters. The monoisotopic (exact) mass is 321 g/mol. The van der Waals surface area contributed by atoms with Crippen LogP contribution in [-0.2, 0) is 0 Å². The Morgan fingerprint density at radius 2 is 2.21 bits per heavy atom. The minimum atomic E-state index is 0.699. The Bertz CT molecular complexity index is 276. The summed E-state index contributed by atoms with van der Waals surface area (Å²) in [5.41, 5.74) is 0. The first kappa shape index (κ1) is 11.8. The first-order valence-corrected chi connectivity index (χ1v) is 6.46. The summed E-state index contributed by atoms with van der Waals surface area (Å²) in [6.45, 7) is 4.55. The first-order valence-electron chi connectivity index (χ1n) is 4.23. The van der Waals surface area contributed by atoms with E-state index in [2.05, 4.69) is 44.5 Å². The molecule has 0 aliphatic rings.